The summed E-state index contributed by atoms with van der Waals surface area (Å²) in [5, 5.41) is 13.6. The van der Waals surface area contributed by atoms with Gasteiger partial charge in [0.1, 0.15) is 5.52 Å². The van der Waals surface area contributed by atoms with Crippen molar-refractivity contribution in [3.05, 3.63) is 59.1 Å². The van der Waals surface area contributed by atoms with Gasteiger partial charge >= 0.3 is 0 Å². The van der Waals surface area contributed by atoms with Gasteiger partial charge in [0.25, 0.3) is 0 Å². The van der Waals surface area contributed by atoms with Crippen molar-refractivity contribution in [3.8, 4) is 0 Å². The summed E-state index contributed by atoms with van der Waals surface area (Å²) in [4.78, 5) is 4.66. The normalized spacial score (nSPS) is 11.2. The summed E-state index contributed by atoms with van der Waals surface area (Å²) in [6.07, 6.45) is 0. The van der Waals surface area contributed by atoms with Crippen molar-refractivity contribution in [2.45, 2.75) is 20.0 Å². The Labute approximate surface area is 144 Å². The van der Waals surface area contributed by atoms with Crippen molar-refractivity contribution >= 4 is 39.6 Å². The highest BCUT2D eigenvalue weighted by Gasteiger charge is 2.13. The summed E-state index contributed by atoms with van der Waals surface area (Å²) in [6.45, 7) is 3.48. The molecule has 0 radical (unpaired) electrons. The van der Waals surface area contributed by atoms with E-state index in [0.717, 1.165) is 39.2 Å². The fraction of sp³-hybridized carbons (Fsp3) is 0.167. The molecular weight excluding hydrogens is 322 g/mol. The van der Waals surface area contributed by atoms with Crippen LogP contribution in [0.25, 0.3) is 22.1 Å². The molecule has 0 spiro atoms. The molecule has 0 aliphatic heterocycles. The zero-order valence-electron chi connectivity index (χ0n) is 13.2. The number of hydrogen-bond acceptors (Lipinski definition) is 4. The smallest absolute Gasteiger partial charge is 0.245 e. The Hall–Kier alpha value is -2.66. The first-order chi connectivity index (χ1) is 11.8. The van der Waals surface area contributed by atoms with E-state index in [9.17, 15) is 0 Å². The number of aryl methyl sites for hydroxylation is 1. The average Bonchev–Trinajstić information content (AvgIpc) is 2.94. The van der Waals surface area contributed by atoms with Crippen LogP contribution in [0.4, 0.5) is 5.95 Å². The van der Waals surface area contributed by atoms with Gasteiger partial charge in [0.05, 0.1) is 5.52 Å². The summed E-state index contributed by atoms with van der Waals surface area (Å²) in [5.74, 6) is 0.500. The van der Waals surface area contributed by atoms with Crippen LogP contribution in [0, 0.1) is 0 Å². The van der Waals surface area contributed by atoms with E-state index in [2.05, 4.69) is 44.1 Å². The lowest BCUT2D eigenvalue weighted by atomic mass is 10.2. The molecule has 0 aliphatic rings. The largest absolute Gasteiger partial charge is 0.349 e. The summed E-state index contributed by atoms with van der Waals surface area (Å²) in [5.41, 5.74) is 3.80. The van der Waals surface area contributed by atoms with E-state index >= 15 is 0 Å². The van der Waals surface area contributed by atoms with Crippen LogP contribution >= 0.6 is 11.6 Å². The highest BCUT2D eigenvalue weighted by atomic mass is 35.5. The third kappa shape index (κ3) is 2.47. The first kappa shape index (κ1) is 14.9. The van der Waals surface area contributed by atoms with E-state index in [1.165, 1.54) is 0 Å². The summed E-state index contributed by atoms with van der Waals surface area (Å²) in [7, 11) is 0. The van der Waals surface area contributed by atoms with Gasteiger partial charge in [-0.2, -0.15) is 4.98 Å². The minimum absolute atomic E-state index is 0.500. The Bertz CT molecular complexity index is 1020. The van der Waals surface area contributed by atoms with E-state index in [4.69, 9.17) is 11.6 Å². The maximum absolute atomic E-state index is 6.19. The fourth-order valence-corrected chi connectivity index (χ4v) is 3.12. The molecule has 0 aliphatic carbocycles. The summed E-state index contributed by atoms with van der Waals surface area (Å²) < 4.78 is 2.15. The number of aromatic nitrogens is 4. The molecule has 1 N–H and O–H groups in total. The molecule has 5 nitrogen and oxygen atoms in total. The van der Waals surface area contributed by atoms with Gasteiger partial charge in [-0.1, -0.05) is 48.0 Å². The van der Waals surface area contributed by atoms with Crippen molar-refractivity contribution in [2.24, 2.45) is 0 Å². The molecule has 4 aromatic rings. The molecule has 120 valence electrons. The number of benzene rings is 2. The number of fused-ring (bicyclic) bond motifs is 3. The van der Waals surface area contributed by atoms with Crippen molar-refractivity contribution in [1.82, 2.24) is 19.7 Å². The van der Waals surface area contributed by atoms with Crippen LogP contribution in [-0.4, -0.2) is 19.7 Å². The van der Waals surface area contributed by atoms with Crippen LogP contribution in [0.5, 0.6) is 0 Å². The molecule has 0 saturated carbocycles. The third-order valence-electron chi connectivity index (χ3n) is 4.08. The molecule has 2 heterocycles. The van der Waals surface area contributed by atoms with Gasteiger partial charge in [-0.3, -0.25) is 0 Å². The molecule has 24 heavy (non-hydrogen) atoms. The highest BCUT2D eigenvalue weighted by molar-refractivity contribution is 6.31. The highest BCUT2D eigenvalue weighted by Crippen LogP contribution is 2.26. The van der Waals surface area contributed by atoms with Crippen LogP contribution in [0.3, 0.4) is 0 Å². The lowest BCUT2D eigenvalue weighted by Crippen LogP contribution is -2.06. The van der Waals surface area contributed by atoms with Crippen molar-refractivity contribution in [2.75, 3.05) is 5.32 Å². The Morgan fingerprint density at radius 2 is 1.83 bits per heavy atom. The van der Waals surface area contributed by atoms with Gasteiger partial charge in [0, 0.05) is 23.5 Å². The minimum Gasteiger partial charge on any atom is -0.349 e. The van der Waals surface area contributed by atoms with Crippen LogP contribution in [-0.2, 0) is 13.1 Å². The fourth-order valence-electron chi connectivity index (χ4n) is 2.91. The number of hydrogen-bond donors (Lipinski definition) is 1. The summed E-state index contributed by atoms with van der Waals surface area (Å²) >= 11 is 6.19. The van der Waals surface area contributed by atoms with Gasteiger partial charge in [-0.25, -0.2) is 0 Å². The second kappa shape index (κ2) is 6.09. The predicted molar refractivity (Wildman–Crippen MR) is 97.3 cm³/mol. The second-order valence-electron chi connectivity index (χ2n) is 5.51. The average molecular weight is 338 g/mol. The molecule has 6 heteroatoms. The van der Waals surface area contributed by atoms with Crippen LogP contribution in [0.1, 0.15) is 12.5 Å². The van der Waals surface area contributed by atoms with E-state index < -0.39 is 0 Å². The van der Waals surface area contributed by atoms with Gasteiger partial charge in [-0.15, -0.1) is 10.2 Å². The molecule has 2 aromatic carbocycles. The lowest BCUT2D eigenvalue weighted by Gasteiger charge is -2.07. The number of halogens is 1. The first-order valence-electron chi connectivity index (χ1n) is 7.87. The Balaban J connectivity index is 1.73. The monoisotopic (exact) mass is 337 g/mol. The standard InChI is InChI=1S/C18H16ClN5/c1-2-24-15-10-6-4-8-13(15)16-17(24)21-18(23-22-16)20-11-12-7-3-5-9-14(12)19/h3-10H,2,11H2,1H3,(H,20,21,23). The quantitative estimate of drug-likeness (QED) is 0.604. The van der Waals surface area contributed by atoms with Crippen molar-refractivity contribution in [3.63, 3.8) is 0 Å². The van der Waals surface area contributed by atoms with Crippen LogP contribution < -0.4 is 5.32 Å². The number of nitrogens with one attached hydrogen (secondary N) is 1. The molecule has 0 amide bonds. The third-order valence-corrected chi connectivity index (χ3v) is 4.45. The van der Waals surface area contributed by atoms with E-state index in [1.54, 1.807) is 0 Å². The number of rotatable bonds is 4. The Morgan fingerprint density at radius 3 is 2.67 bits per heavy atom. The molecule has 2 aromatic heterocycles. The van der Waals surface area contributed by atoms with Crippen molar-refractivity contribution < 1.29 is 0 Å². The molecule has 4 rings (SSSR count). The molecule has 0 fully saturated rings. The molecule has 0 bridgehead atoms. The number of anilines is 1. The van der Waals surface area contributed by atoms with Crippen LogP contribution in [0.2, 0.25) is 5.02 Å². The second-order valence-corrected chi connectivity index (χ2v) is 5.92. The van der Waals surface area contributed by atoms with Crippen LogP contribution in [0.15, 0.2) is 48.5 Å². The SMILES string of the molecule is CCn1c2ccccc2c2nnc(NCc3ccccc3Cl)nc21. The van der Waals surface area contributed by atoms with Crippen molar-refractivity contribution in [1.29, 1.82) is 0 Å². The molecular formula is C18H16ClN5. The zero-order chi connectivity index (χ0) is 16.5. The molecule has 0 atom stereocenters. The lowest BCUT2D eigenvalue weighted by molar-refractivity contribution is 0.810. The number of nitrogens with zero attached hydrogens (tertiary/aromatic N) is 4. The predicted octanol–water partition coefficient (Wildman–Crippen LogP) is 4.26. The summed E-state index contributed by atoms with van der Waals surface area (Å²) in [6, 6.07) is 15.9. The first-order valence-corrected chi connectivity index (χ1v) is 8.24. The maximum Gasteiger partial charge on any atom is 0.245 e. The van der Waals surface area contributed by atoms with E-state index in [1.807, 2.05) is 36.4 Å². The van der Waals surface area contributed by atoms with Gasteiger partial charge in [-0.05, 0) is 24.6 Å². The zero-order valence-corrected chi connectivity index (χ0v) is 14.0. The van der Waals surface area contributed by atoms with E-state index in [-0.39, 0.29) is 0 Å². The molecule has 0 unspecified atom stereocenters. The maximum atomic E-state index is 6.19. The van der Waals surface area contributed by atoms with Gasteiger partial charge < -0.3 is 9.88 Å². The Morgan fingerprint density at radius 1 is 1.04 bits per heavy atom. The molecule has 0 saturated heterocycles. The van der Waals surface area contributed by atoms with Gasteiger partial charge in [0.15, 0.2) is 5.65 Å². The van der Waals surface area contributed by atoms with E-state index in [0.29, 0.717) is 12.5 Å². The Kier molecular flexibility index (Phi) is 3.78. The topological polar surface area (TPSA) is 55.6 Å². The number of para-hydroxylation sites is 1. The van der Waals surface area contributed by atoms with Gasteiger partial charge in [0.2, 0.25) is 5.95 Å². The minimum atomic E-state index is 0.500.